The monoisotopic (exact) mass is 279 g/mol. The zero-order valence-electron chi connectivity index (χ0n) is 13.4. The number of aromatic nitrogens is 2. The van der Waals surface area contributed by atoms with Gasteiger partial charge in [-0.15, -0.1) is 0 Å². The van der Waals surface area contributed by atoms with E-state index in [0.717, 1.165) is 30.7 Å². The summed E-state index contributed by atoms with van der Waals surface area (Å²) in [4.78, 5) is 2.24. The molecule has 0 aromatic carbocycles. The fourth-order valence-electron chi connectivity index (χ4n) is 3.57. The van der Waals surface area contributed by atoms with Crippen molar-refractivity contribution in [3.05, 3.63) is 17.5 Å². The highest BCUT2D eigenvalue weighted by atomic mass is 16.3. The molecule has 0 amide bonds. The molecule has 0 bridgehead atoms. The lowest BCUT2D eigenvalue weighted by atomic mass is 9.75. The largest absolute Gasteiger partial charge is 0.391 e. The number of rotatable bonds is 5. The molecule has 1 atom stereocenters. The molecule has 0 radical (unpaired) electrons. The first-order chi connectivity index (χ1) is 9.49. The first kappa shape index (κ1) is 15.5. The Hall–Kier alpha value is -0.870. The minimum absolute atomic E-state index is 0.0606. The molecule has 4 heteroatoms. The third-order valence-electron chi connectivity index (χ3n) is 5.02. The van der Waals surface area contributed by atoms with Crippen LogP contribution in [0.5, 0.6) is 0 Å². The Balaban J connectivity index is 2.15. The van der Waals surface area contributed by atoms with E-state index in [1.807, 2.05) is 11.7 Å². The third kappa shape index (κ3) is 2.91. The lowest BCUT2D eigenvalue weighted by Crippen LogP contribution is -2.55. The second kappa shape index (κ2) is 6.27. The lowest BCUT2D eigenvalue weighted by molar-refractivity contribution is -0.0318. The molecule has 114 valence electrons. The van der Waals surface area contributed by atoms with Gasteiger partial charge in [-0.05, 0) is 39.4 Å². The van der Waals surface area contributed by atoms with Gasteiger partial charge < -0.3 is 10.0 Å². The van der Waals surface area contributed by atoms with Crippen LogP contribution in [0.2, 0.25) is 0 Å². The highest BCUT2D eigenvalue weighted by Gasteiger charge is 2.41. The summed E-state index contributed by atoms with van der Waals surface area (Å²) < 4.78 is 1.92. The topological polar surface area (TPSA) is 41.3 Å². The van der Waals surface area contributed by atoms with Gasteiger partial charge in [0.15, 0.2) is 0 Å². The van der Waals surface area contributed by atoms with Crippen LogP contribution >= 0.6 is 0 Å². The van der Waals surface area contributed by atoms with Crippen LogP contribution in [-0.2, 0) is 19.9 Å². The van der Waals surface area contributed by atoms with Gasteiger partial charge in [0.2, 0.25) is 0 Å². The van der Waals surface area contributed by atoms with Gasteiger partial charge in [-0.1, -0.05) is 26.2 Å². The molecule has 1 unspecified atom stereocenters. The van der Waals surface area contributed by atoms with E-state index < -0.39 is 0 Å². The predicted molar refractivity (Wildman–Crippen MR) is 81.8 cm³/mol. The molecular formula is C16H29N3O. The van der Waals surface area contributed by atoms with E-state index in [9.17, 15) is 5.11 Å². The molecule has 1 N–H and O–H groups in total. The zero-order valence-corrected chi connectivity index (χ0v) is 13.4. The minimum atomic E-state index is -0.321. The van der Waals surface area contributed by atoms with Gasteiger partial charge in [0.05, 0.1) is 11.8 Å². The molecule has 20 heavy (non-hydrogen) atoms. The van der Waals surface area contributed by atoms with E-state index in [1.165, 1.54) is 19.3 Å². The third-order valence-corrected chi connectivity index (χ3v) is 5.02. The number of aliphatic hydroxyl groups excluding tert-OH is 1. The van der Waals surface area contributed by atoms with Crippen LogP contribution in [0.4, 0.5) is 0 Å². The molecule has 1 fully saturated rings. The molecule has 2 rings (SSSR count). The molecule has 1 aliphatic rings. The summed E-state index contributed by atoms with van der Waals surface area (Å²) in [6, 6.07) is 2.13. The van der Waals surface area contributed by atoms with Gasteiger partial charge >= 0.3 is 0 Å². The fraction of sp³-hybridized carbons (Fsp3) is 0.812. The van der Waals surface area contributed by atoms with Gasteiger partial charge in [-0.25, -0.2) is 0 Å². The van der Waals surface area contributed by atoms with E-state index in [-0.39, 0.29) is 11.6 Å². The van der Waals surface area contributed by atoms with Crippen molar-refractivity contribution in [2.24, 2.45) is 7.05 Å². The normalized spacial score (nSPS) is 20.3. The number of likely N-dealkylation sites (N-methyl/N-ethyl adjacent to an activating group) is 1. The zero-order chi connectivity index (χ0) is 14.8. The summed E-state index contributed by atoms with van der Waals surface area (Å²) in [5.74, 6) is 0. The smallest absolute Gasteiger partial charge is 0.0778 e. The first-order valence-electron chi connectivity index (χ1n) is 7.87. The van der Waals surface area contributed by atoms with Gasteiger partial charge in [0.25, 0.3) is 0 Å². The number of hydrogen-bond acceptors (Lipinski definition) is 3. The average molecular weight is 279 g/mol. The Morgan fingerprint density at radius 2 is 2.00 bits per heavy atom. The van der Waals surface area contributed by atoms with Crippen molar-refractivity contribution in [2.75, 3.05) is 14.1 Å². The van der Waals surface area contributed by atoms with Crippen LogP contribution < -0.4 is 0 Å². The average Bonchev–Trinajstić information content (AvgIpc) is 2.80. The molecular weight excluding hydrogens is 250 g/mol. The Bertz CT molecular complexity index is 433. The van der Waals surface area contributed by atoms with Crippen molar-refractivity contribution in [3.8, 4) is 0 Å². The van der Waals surface area contributed by atoms with Crippen LogP contribution in [-0.4, -0.2) is 45.5 Å². The van der Waals surface area contributed by atoms with E-state index in [4.69, 9.17) is 0 Å². The van der Waals surface area contributed by atoms with Crippen LogP contribution in [0, 0.1) is 0 Å². The second-order valence-electron chi connectivity index (χ2n) is 6.38. The Labute approximate surface area is 122 Å². The SMILES string of the molecule is CCc1cc(CC(O)C2(N(C)C)CCCCC2)n(C)n1. The summed E-state index contributed by atoms with van der Waals surface area (Å²) in [7, 11) is 6.19. The minimum Gasteiger partial charge on any atom is -0.391 e. The summed E-state index contributed by atoms with van der Waals surface area (Å²) in [6.45, 7) is 2.12. The van der Waals surface area contributed by atoms with Gasteiger partial charge in [-0.3, -0.25) is 4.68 Å². The van der Waals surface area contributed by atoms with Crippen molar-refractivity contribution in [1.82, 2.24) is 14.7 Å². The summed E-state index contributed by atoms with van der Waals surface area (Å²) in [5.41, 5.74) is 2.19. The highest BCUT2D eigenvalue weighted by Crippen LogP contribution is 2.36. The van der Waals surface area contributed by atoms with Gasteiger partial charge in [-0.2, -0.15) is 5.10 Å². The van der Waals surface area contributed by atoms with Crippen molar-refractivity contribution < 1.29 is 5.11 Å². The molecule has 0 aliphatic heterocycles. The number of nitrogens with zero attached hydrogens (tertiary/aromatic N) is 3. The number of aryl methyl sites for hydroxylation is 2. The summed E-state index contributed by atoms with van der Waals surface area (Å²) in [5, 5.41) is 15.4. The summed E-state index contributed by atoms with van der Waals surface area (Å²) >= 11 is 0. The van der Waals surface area contributed by atoms with E-state index in [2.05, 4.69) is 37.1 Å². The van der Waals surface area contributed by atoms with Crippen molar-refractivity contribution in [1.29, 1.82) is 0 Å². The van der Waals surface area contributed by atoms with Crippen molar-refractivity contribution >= 4 is 0 Å². The molecule has 1 heterocycles. The molecule has 0 saturated heterocycles. The van der Waals surface area contributed by atoms with E-state index in [1.54, 1.807) is 0 Å². The fourth-order valence-corrected chi connectivity index (χ4v) is 3.57. The van der Waals surface area contributed by atoms with E-state index in [0.29, 0.717) is 6.42 Å². The molecule has 1 aliphatic carbocycles. The maximum absolute atomic E-state index is 10.9. The quantitative estimate of drug-likeness (QED) is 0.898. The van der Waals surface area contributed by atoms with Gasteiger partial charge in [0, 0.05) is 24.7 Å². The Morgan fingerprint density at radius 3 is 2.50 bits per heavy atom. The predicted octanol–water partition coefficient (Wildman–Crippen LogP) is 2.15. The van der Waals surface area contributed by atoms with Crippen LogP contribution in [0.15, 0.2) is 6.07 Å². The Kier molecular flexibility index (Phi) is 4.86. The first-order valence-corrected chi connectivity index (χ1v) is 7.87. The number of hydrogen-bond donors (Lipinski definition) is 1. The Morgan fingerprint density at radius 1 is 1.35 bits per heavy atom. The molecule has 4 nitrogen and oxygen atoms in total. The highest BCUT2D eigenvalue weighted by molar-refractivity contribution is 5.13. The molecule has 0 spiro atoms. The van der Waals surface area contributed by atoms with Gasteiger partial charge in [0.1, 0.15) is 0 Å². The lowest BCUT2D eigenvalue weighted by Gasteiger charge is -2.46. The molecule has 1 saturated carbocycles. The van der Waals surface area contributed by atoms with Crippen molar-refractivity contribution in [3.63, 3.8) is 0 Å². The standard InChI is InChI=1S/C16H29N3O/c1-5-13-11-14(19(4)17-13)12-15(20)16(18(2)3)9-7-6-8-10-16/h11,15,20H,5-10,12H2,1-4H3. The van der Waals surface area contributed by atoms with Crippen LogP contribution in [0.25, 0.3) is 0 Å². The summed E-state index contributed by atoms with van der Waals surface area (Å²) in [6.07, 6.45) is 7.26. The maximum atomic E-state index is 10.9. The maximum Gasteiger partial charge on any atom is 0.0778 e. The molecule has 1 aromatic rings. The van der Waals surface area contributed by atoms with Crippen LogP contribution in [0.1, 0.15) is 50.4 Å². The molecule has 1 aromatic heterocycles. The van der Waals surface area contributed by atoms with Crippen LogP contribution in [0.3, 0.4) is 0 Å². The van der Waals surface area contributed by atoms with Crippen molar-refractivity contribution in [2.45, 2.75) is 63.5 Å². The van der Waals surface area contributed by atoms with E-state index >= 15 is 0 Å². The number of aliphatic hydroxyl groups is 1. The second-order valence-corrected chi connectivity index (χ2v) is 6.38.